The summed E-state index contributed by atoms with van der Waals surface area (Å²) in [5.41, 5.74) is 0.850. The maximum Gasteiger partial charge on any atom is 0.236 e. The van der Waals surface area contributed by atoms with E-state index >= 15 is 0 Å². The van der Waals surface area contributed by atoms with E-state index < -0.39 is 10.0 Å². The fourth-order valence-corrected chi connectivity index (χ4v) is 4.02. The second-order valence-corrected chi connectivity index (χ2v) is 7.99. The summed E-state index contributed by atoms with van der Waals surface area (Å²) >= 11 is 0. The van der Waals surface area contributed by atoms with Gasteiger partial charge in [0.1, 0.15) is 0 Å². The molecule has 0 saturated carbocycles. The van der Waals surface area contributed by atoms with Crippen molar-refractivity contribution >= 4 is 22.0 Å². The molecule has 1 aliphatic rings. The summed E-state index contributed by atoms with van der Waals surface area (Å²) in [6, 6.07) is 9.35. The number of benzene rings is 1. The van der Waals surface area contributed by atoms with Crippen molar-refractivity contribution in [1.82, 2.24) is 9.21 Å². The molecule has 1 heterocycles. The van der Waals surface area contributed by atoms with Crippen LogP contribution in [-0.4, -0.2) is 49.7 Å². The van der Waals surface area contributed by atoms with Crippen LogP contribution >= 0.6 is 0 Å². The molecule has 6 heteroatoms. The average Bonchev–Trinajstić information content (AvgIpc) is 2.60. The molecule has 1 atom stereocenters. The van der Waals surface area contributed by atoms with Crippen molar-refractivity contribution in [3.63, 3.8) is 0 Å². The van der Waals surface area contributed by atoms with Crippen molar-refractivity contribution in [2.75, 3.05) is 26.2 Å². The van der Waals surface area contributed by atoms with Gasteiger partial charge in [-0.05, 0) is 18.1 Å². The molecule has 0 spiro atoms. The van der Waals surface area contributed by atoms with Crippen LogP contribution in [-0.2, 0) is 14.8 Å². The topological polar surface area (TPSA) is 57.7 Å². The third kappa shape index (κ3) is 4.92. The number of carbonyl (C=O) groups is 1. The maximum absolute atomic E-state index is 12.4. The van der Waals surface area contributed by atoms with E-state index in [0.717, 1.165) is 18.4 Å². The fraction of sp³-hybridized carbons (Fsp3) is 0.500. The minimum absolute atomic E-state index is 0.0103. The number of piperazine rings is 1. The van der Waals surface area contributed by atoms with Crippen LogP contribution in [0.1, 0.15) is 32.3 Å². The van der Waals surface area contributed by atoms with E-state index in [9.17, 15) is 13.2 Å². The van der Waals surface area contributed by atoms with Crippen LogP contribution in [0.2, 0.25) is 0 Å². The summed E-state index contributed by atoms with van der Waals surface area (Å²) < 4.78 is 26.3. The van der Waals surface area contributed by atoms with Gasteiger partial charge in [-0.15, -0.1) is 0 Å². The molecule has 0 aromatic heterocycles. The van der Waals surface area contributed by atoms with Crippen molar-refractivity contribution in [2.45, 2.75) is 26.7 Å². The Bertz CT molecular complexity index is 663. The van der Waals surface area contributed by atoms with E-state index in [0.29, 0.717) is 26.2 Å². The Morgan fingerprint density at radius 1 is 1.17 bits per heavy atom. The molecule has 1 amide bonds. The molecular weight excluding hydrogens is 324 g/mol. The highest BCUT2D eigenvalue weighted by molar-refractivity contribution is 7.92. The van der Waals surface area contributed by atoms with Crippen LogP contribution in [0.5, 0.6) is 0 Å². The SMILES string of the molecule is CCCC(C)C(=O)N1CCN(S(=O)(=O)/C=C/c2ccccc2)CC1. The van der Waals surface area contributed by atoms with Crippen LogP contribution < -0.4 is 0 Å². The van der Waals surface area contributed by atoms with Crippen LogP contribution in [0, 0.1) is 5.92 Å². The Kier molecular flexibility index (Phi) is 6.57. The number of sulfonamides is 1. The Labute approximate surface area is 145 Å². The molecule has 5 nitrogen and oxygen atoms in total. The molecule has 24 heavy (non-hydrogen) atoms. The van der Waals surface area contributed by atoms with Gasteiger partial charge < -0.3 is 4.90 Å². The molecular formula is C18H26N2O3S. The van der Waals surface area contributed by atoms with Gasteiger partial charge in [0.05, 0.1) is 0 Å². The zero-order valence-electron chi connectivity index (χ0n) is 14.4. The fourth-order valence-electron chi connectivity index (χ4n) is 2.85. The lowest BCUT2D eigenvalue weighted by molar-refractivity contribution is -0.136. The molecule has 1 aromatic carbocycles. The van der Waals surface area contributed by atoms with Gasteiger partial charge in [-0.1, -0.05) is 50.6 Å². The van der Waals surface area contributed by atoms with Crippen LogP contribution in [0.3, 0.4) is 0 Å². The van der Waals surface area contributed by atoms with E-state index in [4.69, 9.17) is 0 Å². The molecule has 1 unspecified atom stereocenters. The molecule has 0 aliphatic carbocycles. The first-order chi connectivity index (χ1) is 11.4. The second kappa shape index (κ2) is 8.44. The van der Waals surface area contributed by atoms with E-state index in [1.165, 1.54) is 9.71 Å². The monoisotopic (exact) mass is 350 g/mol. The Morgan fingerprint density at radius 2 is 1.79 bits per heavy atom. The van der Waals surface area contributed by atoms with E-state index in [1.54, 1.807) is 11.0 Å². The summed E-state index contributed by atoms with van der Waals surface area (Å²) in [5.74, 6) is 0.143. The van der Waals surface area contributed by atoms with E-state index in [-0.39, 0.29) is 11.8 Å². The summed E-state index contributed by atoms with van der Waals surface area (Å²) in [6.45, 7) is 5.64. The number of hydrogen-bond donors (Lipinski definition) is 0. The third-order valence-corrected chi connectivity index (χ3v) is 5.85. The van der Waals surface area contributed by atoms with Crippen molar-refractivity contribution < 1.29 is 13.2 Å². The van der Waals surface area contributed by atoms with Crippen molar-refractivity contribution in [3.8, 4) is 0 Å². The minimum atomic E-state index is -3.45. The quantitative estimate of drug-likeness (QED) is 0.792. The predicted octanol–water partition coefficient (Wildman–Crippen LogP) is 2.57. The second-order valence-electron chi connectivity index (χ2n) is 6.17. The Morgan fingerprint density at radius 3 is 2.38 bits per heavy atom. The molecule has 132 valence electrons. The average molecular weight is 350 g/mol. The third-order valence-electron chi connectivity index (χ3n) is 4.29. The van der Waals surface area contributed by atoms with Crippen LogP contribution in [0.4, 0.5) is 0 Å². The van der Waals surface area contributed by atoms with Crippen molar-refractivity contribution in [1.29, 1.82) is 0 Å². The lowest BCUT2D eigenvalue weighted by atomic mass is 10.0. The van der Waals surface area contributed by atoms with Crippen LogP contribution in [0.25, 0.3) is 6.08 Å². The van der Waals surface area contributed by atoms with Crippen molar-refractivity contribution in [3.05, 3.63) is 41.3 Å². The lowest BCUT2D eigenvalue weighted by Crippen LogP contribution is -2.51. The molecule has 1 saturated heterocycles. The van der Waals surface area contributed by atoms with Crippen LogP contribution in [0.15, 0.2) is 35.7 Å². The van der Waals surface area contributed by atoms with Gasteiger partial charge in [0.15, 0.2) is 0 Å². The van der Waals surface area contributed by atoms with Gasteiger partial charge in [-0.25, -0.2) is 8.42 Å². The molecule has 1 fully saturated rings. The zero-order valence-corrected chi connectivity index (χ0v) is 15.2. The van der Waals surface area contributed by atoms with Gasteiger partial charge >= 0.3 is 0 Å². The number of rotatable bonds is 6. The van der Waals surface area contributed by atoms with Gasteiger partial charge in [-0.2, -0.15) is 4.31 Å². The number of hydrogen-bond acceptors (Lipinski definition) is 3. The normalized spacial score (nSPS) is 18.0. The Balaban J connectivity index is 1.93. The first-order valence-electron chi connectivity index (χ1n) is 8.46. The van der Waals surface area contributed by atoms with Gasteiger partial charge in [0, 0.05) is 37.5 Å². The molecule has 0 radical (unpaired) electrons. The minimum Gasteiger partial charge on any atom is -0.340 e. The van der Waals surface area contributed by atoms with Gasteiger partial charge in [0.25, 0.3) is 0 Å². The van der Waals surface area contributed by atoms with E-state index in [2.05, 4.69) is 6.92 Å². The van der Waals surface area contributed by atoms with Gasteiger partial charge in [-0.3, -0.25) is 4.79 Å². The highest BCUT2D eigenvalue weighted by Gasteiger charge is 2.28. The smallest absolute Gasteiger partial charge is 0.236 e. The molecule has 2 rings (SSSR count). The number of nitrogens with zero attached hydrogens (tertiary/aromatic N) is 2. The molecule has 0 N–H and O–H groups in total. The highest BCUT2D eigenvalue weighted by Crippen LogP contribution is 2.15. The van der Waals surface area contributed by atoms with Crippen molar-refractivity contribution in [2.24, 2.45) is 5.92 Å². The molecule has 1 aliphatic heterocycles. The highest BCUT2D eigenvalue weighted by atomic mass is 32.2. The first kappa shape index (κ1) is 18.7. The maximum atomic E-state index is 12.4. The van der Waals surface area contributed by atoms with E-state index in [1.807, 2.05) is 37.3 Å². The van der Waals surface area contributed by atoms with Gasteiger partial charge in [0.2, 0.25) is 15.9 Å². The predicted molar refractivity (Wildman–Crippen MR) is 96.6 cm³/mol. The molecule has 0 bridgehead atoms. The summed E-state index contributed by atoms with van der Waals surface area (Å²) in [5, 5.41) is 1.25. The number of amides is 1. The lowest BCUT2D eigenvalue weighted by Gasteiger charge is -2.34. The summed E-state index contributed by atoms with van der Waals surface area (Å²) in [4.78, 5) is 14.1. The number of carbonyl (C=O) groups excluding carboxylic acids is 1. The summed E-state index contributed by atoms with van der Waals surface area (Å²) in [7, 11) is -3.45. The molecule has 1 aromatic rings. The Hall–Kier alpha value is -1.66. The zero-order chi connectivity index (χ0) is 17.6. The standard InChI is InChI=1S/C18H26N2O3S/c1-3-7-16(2)18(21)19-11-13-20(14-12-19)24(22,23)15-10-17-8-5-4-6-9-17/h4-6,8-10,15-16H,3,7,11-14H2,1-2H3/b15-10+. The largest absolute Gasteiger partial charge is 0.340 e. The first-order valence-corrected chi connectivity index (χ1v) is 9.96. The summed E-state index contributed by atoms with van der Waals surface area (Å²) in [6.07, 6.45) is 3.46.